The molecule has 0 atom stereocenters. The highest BCUT2D eigenvalue weighted by Crippen LogP contribution is 2.31. The minimum absolute atomic E-state index is 0.00456. The van der Waals surface area contributed by atoms with Gasteiger partial charge in [0.1, 0.15) is 18.2 Å². The zero-order valence-corrected chi connectivity index (χ0v) is 18.3. The lowest BCUT2D eigenvalue weighted by molar-refractivity contribution is -0.115. The highest BCUT2D eigenvalue weighted by Gasteiger charge is 2.24. The van der Waals surface area contributed by atoms with Gasteiger partial charge in [-0.15, -0.1) is 0 Å². The number of nitrogens with zero attached hydrogens (tertiary/aromatic N) is 1. The molecule has 1 aliphatic heterocycles. The van der Waals surface area contributed by atoms with Crippen molar-refractivity contribution in [2.45, 2.75) is 6.61 Å². The van der Waals surface area contributed by atoms with Crippen molar-refractivity contribution in [1.29, 1.82) is 0 Å². The third kappa shape index (κ3) is 5.28. The van der Waals surface area contributed by atoms with Crippen molar-refractivity contribution in [1.82, 2.24) is 5.32 Å². The third-order valence-electron chi connectivity index (χ3n) is 4.33. The summed E-state index contributed by atoms with van der Waals surface area (Å²) < 4.78 is 19.6. The lowest BCUT2D eigenvalue weighted by Crippen LogP contribution is -2.19. The molecule has 31 heavy (non-hydrogen) atoms. The second-order valence-electron chi connectivity index (χ2n) is 6.49. The molecule has 0 bridgehead atoms. The predicted octanol–water partition coefficient (Wildman–Crippen LogP) is 6.60. The van der Waals surface area contributed by atoms with Gasteiger partial charge in [-0.05, 0) is 59.8 Å². The molecule has 156 valence electrons. The van der Waals surface area contributed by atoms with Crippen LogP contribution in [0.25, 0.3) is 6.08 Å². The molecule has 1 N–H and O–H groups in total. The van der Waals surface area contributed by atoms with Crippen molar-refractivity contribution in [3.63, 3.8) is 0 Å². The summed E-state index contributed by atoms with van der Waals surface area (Å²) >= 11 is 13.4. The number of halogens is 3. The monoisotopic (exact) mass is 472 g/mol. The lowest BCUT2D eigenvalue weighted by Gasteiger charge is -2.09. The molecule has 0 saturated carbocycles. The van der Waals surface area contributed by atoms with Crippen LogP contribution in [-0.2, 0) is 11.4 Å². The molecule has 0 radical (unpaired) electrons. The van der Waals surface area contributed by atoms with Crippen molar-refractivity contribution in [2.24, 2.45) is 4.99 Å². The molecule has 1 saturated heterocycles. The van der Waals surface area contributed by atoms with Crippen LogP contribution < -0.4 is 10.1 Å². The smallest absolute Gasteiger partial charge is 0.264 e. The van der Waals surface area contributed by atoms with Crippen LogP contribution in [0, 0.1) is 5.82 Å². The molecule has 1 aliphatic rings. The summed E-state index contributed by atoms with van der Waals surface area (Å²) in [6.07, 6.45) is 1.73. The predicted molar refractivity (Wildman–Crippen MR) is 124 cm³/mol. The quantitative estimate of drug-likeness (QED) is 0.425. The molecule has 1 fully saturated rings. The SMILES string of the molecule is O=C1NC(=Nc2ccccc2Cl)S/C1=C/c1cccc(OCc2c(F)cccc2Cl)c1. The number of amides is 1. The Labute approximate surface area is 192 Å². The van der Waals surface area contributed by atoms with Gasteiger partial charge in [-0.3, -0.25) is 4.79 Å². The van der Waals surface area contributed by atoms with Gasteiger partial charge in [-0.1, -0.05) is 53.5 Å². The van der Waals surface area contributed by atoms with Crippen molar-refractivity contribution in [2.75, 3.05) is 0 Å². The minimum Gasteiger partial charge on any atom is -0.489 e. The van der Waals surface area contributed by atoms with E-state index in [9.17, 15) is 9.18 Å². The van der Waals surface area contributed by atoms with Gasteiger partial charge in [0.2, 0.25) is 0 Å². The number of benzene rings is 3. The van der Waals surface area contributed by atoms with Crippen molar-refractivity contribution < 1.29 is 13.9 Å². The summed E-state index contributed by atoms with van der Waals surface area (Å²) in [6.45, 7) is -0.00456. The number of thioether (sulfide) groups is 1. The molecule has 1 amide bonds. The van der Waals surface area contributed by atoms with E-state index in [2.05, 4.69) is 10.3 Å². The van der Waals surface area contributed by atoms with Crippen LogP contribution >= 0.6 is 35.0 Å². The van der Waals surface area contributed by atoms with Crippen LogP contribution in [0.15, 0.2) is 76.6 Å². The first-order valence-corrected chi connectivity index (χ1v) is 10.8. The molecule has 0 aromatic heterocycles. The first-order chi connectivity index (χ1) is 15.0. The molecule has 0 aliphatic carbocycles. The number of aliphatic imine (C=N–C) groups is 1. The average Bonchev–Trinajstić information content (AvgIpc) is 3.08. The van der Waals surface area contributed by atoms with Gasteiger partial charge in [0.15, 0.2) is 5.17 Å². The maximum absolute atomic E-state index is 13.9. The standard InChI is InChI=1S/C23H15Cl2FN2O2S/c24-17-8-4-9-19(26)16(17)13-30-15-6-3-5-14(11-15)12-21-22(29)28-23(31-21)27-20-10-2-1-7-18(20)25/h1-12H,13H2,(H,27,28,29)/b21-12+. The second-order valence-corrected chi connectivity index (χ2v) is 8.34. The van der Waals surface area contributed by atoms with E-state index in [0.717, 1.165) is 5.56 Å². The molecule has 3 aromatic carbocycles. The molecule has 8 heteroatoms. The fraction of sp³-hybridized carbons (Fsp3) is 0.0435. The topological polar surface area (TPSA) is 50.7 Å². The molecule has 3 aromatic rings. The number of ether oxygens (including phenoxy) is 1. The molecule has 0 unspecified atom stereocenters. The summed E-state index contributed by atoms with van der Waals surface area (Å²) in [5.74, 6) is -0.141. The van der Waals surface area contributed by atoms with Gasteiger partial charge < -0.3 is 10.1 Å². The zero-order valence-electron chi connectivity index (χ0n) is 15.9. The Morgan fingerprint density at radius 2 is 1.81 bits per heavy atom. The molecular weight excluding hydrogens is 458 g/mol. The van der Waals surface area contributed by atoms with E-state index in [-0.39, 0.29) is 12.5 Å². The normalized spacial score (nSPS) is 16.0. The number of nitrogens with one attached hydrogen (secondary N) is 1. The van der Waals surface area contributed by atoms with Crippen molar-refractivity contribution in [3.8, 4) is 5.75 Å². The number of para-hydroxylation sites is 1. The Morgan fingerprint density at radius 3 is 2.61 bits per heavy atom. The first kappa shape index (κ1) is 21.4. The maximum atomic E-state index is 13.9. The molecule has 1 heterocycles. The Morgan fingerprint density at radius 1 is 1.03 bits per heavy atom. The number of carbonyl (C=O) groups is 1. The molecule has 4 nitrogen and oxygen atoms in total. The Hall–Kier alpha value is -2.80. The van der Waals surface area contributed by atoms with E-state index < -0.39 is 5.82 Å². The van der Waals surface area contributed by atoms with Crippen LogP contribution in [0.1, 0.15) is 11.1 Å². The van der Waals surface area contributed by atoms with Crippen LogP contribution in [0.3, 0.4) is 0 Å². The summed E-state index contributed by atoms with van der Waals surface area (Å²) in [5, 5.41) is 3.99. The zero-order chi connectivity index (χ0) is 21.8. The van der Waals surface area contributed by atoms with E-state index in [4.69, 9.17) is 27.9 Å². The van der Waals surface area contributed by atoms with Crippen molar-refractivity contribution >= 4 is 57.8 Å². The second kappa shape index (κ2) is 9.56. The lowest BCUT2D eigenvalue weighted by atomic mass is 10.2. The fourth-order valence-electron chi connectivity index (χ4n) is 2.80. The summed E-state index contributed by atoms with van der Waals surface area (Å²) in [7, 11) is 0. The Bertz CT molecular complexity index is 1190. The van der Waals surface area contributed by atoms with Crippen LogP contribution in [0.4, 0.5) is 10.1 Å². The summed E-state index contributed by atoms with van der Waals surface area (Å²) in [6, 6.07) is 18.8. The molecule has 4 rings (SSSR count). The summed E-state index contributed by atoms with van der Waals surface area (Å²) in [5.41, 5.74) is 1.63. The van der Waals surface area contributed by atoms with E-state index >= 15 is 0 Å². The van der Waals surface area contributed by atoms with Gasteiger partial charge >= 0.3 is 0 Å². The Kier molecular flexibility index (Phi) is 6.61. The number of hydrogen-bond acceptors (Lipinski definition) is 4. The first-order valence-electron chi connectivity index (χ1n) is 9.19. The van der Waals surface area contributed by atoms with E-state index in [1.807, 2.05) is 18.2 Å². The maximum Gasteiger partial charge on any atom is 0.264 e. The van der Waals surface area contributed by atoms with Gasteiger partial charge in [0.25, 0.3) is 5.91 Å². The summed E-state index contributed by atoms with van der Waals surface area (Å²) in [4.78, 5) is 17.2. The van der Waals surface area contributed by atoms with Crippen molar-refractivity contribution in [3.05, 3.63) is 98.6 Å². The number of hydrogen-bond donors (Lipinski definition) is 1. The van der Waals surface area contributed by atoms with E-state index in [0.29, 0.717) is 37.1 Å². The number of carbonyl (C=O) groups excluding carboxylic acids is 1. The number of amidine groups is 1. The van der Waals surface area contributed by atoms with Gasteiger partial charge in [-0.2, -0.15) is 0 Å². The molecule has 0 spiro atoms. The third-order valence-corrected chi connectivity index (χ3v) is 5.91. The van der Waals surface area contributed by atoms with E-state index in [1.165, 1.54) is 17.8 Å². The average molecular weight is 473 g/mol. The minimum atomic E-state index is -0.421. The Balaban J connectivity index is 1.49. The van der Waals surface area contributed by atoms with Crippen LogP contribution in [0.2, 0.25) is 10.0 Å². The number of rotatable bonds is 5. The van der Waals surface area contributed by atoms with Crippen LogP contribution in [0.5, 0.6) is 5.75 Å². The fourth-order valence-corrected chi connectivity index (χ4v) is 4.03. The van der Waals surface area contributed by atoms with Crippen LogP contribution in [-0.4, -0.2) is 11.1 Å². The van der Waals surface area contributed by atoms with E-state index in [1.54, 1.807) is 48.5 Å². The highest BCUT2D eigenvalue weighted by atomic mass is 35.5. The molecular formula is C23H15Cl2FN2O2S. The largest absolute Gasteiger partial charge is 0.489 e. The van der Waals surface area contributed by atoms with Gasteiger partial charge in [-0.25, -0.2) is 9.38 Å². The van der Waals surface area contributed by atoms with Gasteiger partial charge in [0.05, 0.1) is 20.6 Å². The highest BCUT2D eigenvalue weighted by molar-refractivity contribution is 8.18. The van der Waals surface area contributed by atoms with Gasteiger partial charge in [0, 0.05) is 5.56 Å².